The molecule has 0 atom stereocenters. The third-order valence-corrected chi connectivity index (χ3v) is 4.57. The van der Waals surface area contributed by atoms with Crippen LogP contribution in [0.1, 0.15) is 5.56 Å². The number of esters is 1. The summed E-state index contributed by atoms with van der Waals surface area (Å²) < 4.78 is 37.3. The van der Waals surface area contributed by atoms with E-state index in [2.05, 4.69) is 5.10 Å². The minimum absolute atomic E-state index is 0.102. The average Bonchev–Trinajstić information content (AvgIpc) is 3.09. The summed E-state index contributed by atoms with van der Waals surface area (Å²) in [6.07, 6.45) is 0. The summed E-state index contributed by atoms with van der Waals surface area (Å²) in [6, 6.07) is 9.21. The number of nitrogens with zero attached hydrogens (tertiary/aromatic N) is 3. The van der Waals surface area contributed by atoms with Gasteiger partial charge < -0.3 is 14.1 Å². The molecule has 0 fully saturated rings. The first-order chi connectivity index (χ1) is 14.7. The highest BCUT2D eigenvalue weighted by atomic mass is 35.5. The molecule has 0 N–H and O–H groups in total. The number of halogens is 3. The van der Waals surface area contributed by atoms with Crippen LogP contribution in [-0.4, -0.2) is 40.2 Å². The molecule has 0 saturated heterocycles. The first-order valence-electron chi connectivity index (χ1n) is 8.91. The molecule has 0 radical (unpaired) electrons. The van der Waals surface area contributed by atoms with E-state index in [1.54, 1.807) is 0 Å². The van der Waals surface area contributed by atoms with E-state index in [1.165, 1.54) is 49.5 Å². The molecule has 162 valence electrons. The van der Waals surface area contributed by atoms with Crippen molar-refractivity contribution >= 4 is 23.5 Å². The number of aromatic nitrogens is 2. The van der Waals surface area contributed by atoms with Gasteiger partial charge in [-0.1, -0.05) is 17.7 Å². The van der Waals surface area contributed by atoms with Gasteiger partial charge in [0.2, 0.25) is 5.89 Å². The first kappa shape index (κ1) is 22.2. The molecule has 1 heterocycles. The third kappa shape index (κ3) is 5.54. The van der Waals surface area contributed by atoms with Crippen LogP contribution in [0, 0.1) is 11.6 Å². The molecule has 0 aliphatic carbocycles. The maximum absolute atomic E-state index is 13.8. The zero-order chi connectivity index (χ0) is 22.5. The molecule has 3 aromatic rings. The number of ether oxygens (including phenoxy) is 1. The molecule has 0 unspecified atom stereocenters. The number of hydrogen-bond donors (Lipinski definition) is 0. The summed E-state index contributed by atoms with van der Waals surface area (Å²) in [5, 5.41) is 4.02. The Morgan fingerprint density at radius 3 is 2.58 bits per heavy atom. The van der Waals surface area contributed by atoms with Gasteiger partial charge in [0, 0.05) is 29.7 Å². The van der Waals surface area contributed by atoms with Crippen LogP contribution in [0.5, 0.6) is 0 Å². The van der Waals surface area contributed by atoms with Gasteiger partial charge >= 0.3 is 11.7 Å². The quantitative estimate of drug-likeness (QED) is 0.512. The van der Waals surface area contributed by atoms with Gasteiger partial charge in [0.15, 0.2) is 6.61 Å². The summed E-state index contributed by atoms with van der Waals surface area (Å²) in [4.78, 5) is 37.1. The van der Waals surface area contributed by atoms with Gasteiger partial charge in [-0.15, -0.1) is 5.10 Å². The van der Waals surface area contributed by atoms with Crippen molar-refractivity contribution in [2.45, 2.75) is 13.1 Å². The highest BCUT2D eigenvalue weighted by Crippen LogP contribution is 2.20. The summed E-state index contributed by atoms with van der Waals surface area (Å²) in [7, 11) is 1.40. The number of likely N-dealkylation sites (N-methyl/N-ethyl adjacent to an activating group) is 1. The Labute approximate surface area is 179 Å². The lowest BCUT2D eigenvalue weighted by Crippen LogP contribution is -2.32. The van der Waals surface area contributed by atoms with Crippen molar-refractivity contribution in [3.05, 3.63) is 75.2 Å². The molecule has 1 aromatic heterocycles. The molecule has 3 rings (SSSR count). The summed E-state index contributed by atoms with van der Waals surface area (Å²) in [6.45, 7) is -1.34. The Morgan fingerprint density at radius 2 is 1.90 bits per heavy atom. The molecule has 1 amide bonds. The van der Waals surface area contributed by atoms with Crippen LogP contribution in [-0.2, 0) is 27.4 Å². The van der Waals surface area contributed by atoms with Crippen LogP contribution < -0.4 is 5.76 Å². The van der Waals surface area contributed by atoms with Gasteiger partial charge in [0.1, 0.15) is 18.2 Å². The molecular formula is C20H16ClF2N3O5. The van der Waals surface area contributed by atoms with Crippen molar-refractivity contribution in [3.8, 4) is 11.5 Å². The van der Waals surface area contributed by atoms with Gasteiger partial charge in [-0.25, -0.2) is 13.6 Å². The lowest BCUT2D eigenvalue weighted by atomic mass is 10.2. The van der Waals surface area contributed by atoms with Crippen molar-refractivity contribution in [2.75, 3.05) is 13.7 Å². The standard InChI is InChI=1S/C20H16ClF2N3O5/c1-25(9-14-15(21)3-2-4-16(14)23)17(27)11-30-18(28)10-26-20(29)31-19(24-26)12-5-7-13(22)8-6-12/h2-8H,9-11H2,1H3. The fourth-order valence-corrected chi connectivity index (χ4v) is 2.77. The highest BCUT2D eigenvalue weighted by molar-refractivity contribution is 6.31. The number of amides is 1. The van der Waals surface area contributed by atoms with Crippen LogP contribution in [0.3, 0.4) is 0 Å². The van der Waals surface area contributed by atoms with Crippen LogP contribution in [0.25, 0.3) is 11.5 Å². The Morgan fingerprint density at radius 1 is 1.19 bits per heavy atom. The largest absolute Gasteiger partial charge is 0.454 e. The van der Waals surface area contributed by atoms with Crippen LogP contribution in [0.2, 0.25) is 5.02 Å². The maximum atomic E-state index is 13.8. The van der Waals surface area contributed by atoms with E-state index >= 15 is 0 Å². The van der Waals surface area contributed by atoms with E-state index < -0.39 is 42.4 Å². The minimum Gasteiger partial charge on any atom is -0.454 e. The van der Waals surface area contributed by atoms with Crippen molar-refractivity contribution in [2.24, 2.45) is 0 Å². The Hall–Kier alpha value is -3.53. The molecule has 2 aromatic carbocycles. The molecular weight excluding hydrogens is 436 g/mol. The lowest BCUT2D eigenvalue weighted by Gasteiger charge is -2.18. The number of rotatable bonds is 7. The topological polar surface area (TPSA) is 94.6 Å². The van der Waals surface area contributed by atoms with Crippen molar-refractivity contribution in [1.29, 1.82) is 0 Å². The smallest absolute Gasteiger partial charge is 0.437 e. The Kier molecular flexibility index (Phi) is 6.81. The number of carbonyl (C=O) groups is 2. The Balaban J connectivity index is 1.56. The van der Waals surface area contributed by atoms with E-state index in [9.17, 15) is 23.2 Å². The summed E-state index contributed by atoms with van der Waals surface area (Å²) in [5.74, 6) is -3.57. The molecule has 11 heteroatoms. The van der Waals surface area contributed by atoms with Crippen molar-refractivity contribution < 1.29 is 27.5 Å². The van der Waals surface area contributed by atoms with E-state index in [0.29, 0.717) is 10.2 Å². The first-order valence-corrected chi connectivity index (χ1v) is 9.28. The normalized spacial score (nSPS) is 10.7. The maximum Gasteiger partial charge on any atom is 0.437 e. The molecule has 0 aliphatic heterocycles. The van der Waals surface area contributed by atoms with Gasteiger partial charge in [-0.2, -0.15) is 4.68 Å². The van der Waals surface area contributed by atoms with Crippen molar-refractivity contribution in [1.82, 2.24) is 14.7 Å². The molecule has 8 nitrogen and oxygen atoms in total. The predicted molar refractivity (Wildman–Crippen MR) is 105 cm³/mol. The van der Waals surface area contributed by atoms with Crippen LogP contribution in [0.4, 0.5) is 8.78 Å². The third-order valence-electron chi connectivity index (χ3n) is 4.22. The number of benzene rings is 2. The number of hydrogen-bond acceptors (Lipinski definition) is 6. The van der Waals surface area contributed by atoms with Gasteiger partial charge in [-0.3, -0.25) is 9.59 Å². The van der Waals surface area contributed by atoms with E-state index in [0.717, 1.165) is 4.90 Å². The SMILES string of the molecule is CN(Cc1c(F)cccc1Cl)C(=O)COC(=O)Cn1nc(-c2ccc(F)cc2)oc1=O. The van der Waals surface area contributed by atoms with Gasteiger partial charge in [-0.05, 0) is 36.4 Å². The highest BCUT2D eigenvalue weighted by Gasteiger charge is 2.18. The van der Waals surface area contributed by atoms with E-state index in [1.807, 2.05) is 0 Å². The van der Waals surface area contributed by atoms with E-state index in [4.69, 9.17) is 20.8 Å². The molecule has 0 spiro atoms. The average molecular weight is 452 g/mol. The second-order valence-corrected chi connectivity index (χ2v) is 6.86. The zero-order valence-corrected chi connectivity index (χ0v) is 16.9. The zero-order valence-electron chi connectivity index (χ0n) is 16.2. The molecule has 0 bridgehead atoms. The lowest BCUT2D eigenvalue weighted by molar-refractivity contribution is -0.152. The fourth-order valence-electron chi connectivity index (χ4n) is 2.54. The van der Waals surface area contributed by atoms with Crippen molar-refractivity contribution in [3.63, 3.8) is 0 Å². The monoisotopic (exact) mass is 451 g/mol. The second-order valence-electron chi connectivity index (χ2n) is 6.45. The van der Waals surface area contributed by atoms with Gasteiger partial charge in [0.25, 0.3) is 5.91 Å². The minimum atomic E-state index is -0.922. The van der Waals surface area contributed by atoms with Crippen LogP contribution in [0.15, 0.2) is 51.7 Å². The molecule has 31 heavy (non-hydrogen) atoms. The fraction of sp³-hybridized carbons (Fsp3) is 0.200. The number of carbonyl (C=O) groups excluding carboxylic acids is 2. The predicted octanol–water partition coefficient (Wildman–Crippen LogP) is 2.64. The van der Waals surface area contributed by atoms with Gasteiger partial charge in [0.05, 0.1) is 0 Å². The summed E-state index contributed by atoms with van der Waals surface area (Å²) >= 11 is 5.93. The second kappa shape index (κ2) is 9.52. The van der Waals surface area contributed by atoms with Crippen LogP contribution >= 0.6 is 11.6 Å². The summed E-state index contributed by atoms with van der Waals surface area (Å²) in [5.41, 5.74) is 0.475. The van der Waals surface area contributed by atoms with E-state index in [-0.39, 0.29) is 23.0 Å². The molecule has 0 saturated carbocycles. The Bertz CT molecular complexity index is 1140. The molecule has 0 aliphatic rings.